The van der Waals surface area contributed by atoms with Crippen molar-refractivity contribution in [3.63, 3.8) is 0 Å². The summed E-state index contributed by atoms with van der Waals surface area (Å²) in [6.45, 7) is 10.1. The van der Waals surface area contributed by atoms with Gasteiger partial charge in [0.25, 0.3) is 0 Å². The van der Waals surface area contributed by atoms with Crippen LogP contribution in [0.25, 0.3) is 0 Å². The van der Waals surface area contributed by atoms with Crippen LogP contribution in [0, 0.1) is 20.8 Å². The predicted molar refractivity (Wildman–Crippen MR) is 90.2 cm³/mol. The predicted octanol–water partition coefficient (Wildman–Crippen LogP) is 5.01. The van der Waals surface area contributed by atoms with Crippen molar-refractivity contribution in [3.8, 4) is 5.75 Å². The second kappa shape index (κ2) is 7.16. The van der Waals surface area contributed by atoms with Crippen LogP contribution < -0.4 is 10.1 Å². The molecule has 0 saturated carbocycles. The van der Waals surface area contributed by atoms with Crippen molar-refractivity contribution in [3.05, 3.63) is 58.7 Å². The third-order valence-electron chi connectivity index (χ3n) is 3.78. The molecule has 2 aromatic rings. The smallest absolute Gasteiger partial charge is 0.142 e. The fourth-order valence-electron chi connectivity index (χ4n) is 2.30. The topological polar surface area (TPSA) is 21.3 Å². The lowest BCUT2D eigenvalue weighted by Gasteiger charge is -2.15. The molecule has 2 heteroatoms. The number of aryl methyl sites for hydroxylation is 2. The van der Waals surface area contributed by atoms with Crippen molar-refractivity contribution in [1.82, 2.24) is 0 Å². The summed E-state index contributed by atoms with van der Waals surface area (Å²) in [5.41, 5.74) is 6.30. The quantitative estimate of drug-likeness (QED) is 0.804. The van der Waals surface area contributed by atoms with E-state index in [1.54, 1.807) is 0 Å². The van der Waals surface area contributed by atoms with E-state index in [2.05, 4.69) is 69.4 Å². The maximum Gasteiger partial charge on any atom is 0.142 e. The van der Waals surface area contributed by atoms with Gasteiger partial charge < -0.3 is 10.1 Å². The Bertz CT molecular complexity index is 605. The van der Waals surface area contributed by atoms with E-state index in [1.165, 1.54) is 22.3 Å². The monoisotopic (exact) mass is 283 g/mol. The summed E-state index contributed by atoms with van der Waals surface area (Å²) in [4.78, 5) is 0. The molecule has 0 aliphatic rings. The standard InChI is InChI=1S/C19H25NO/c1-5-11-21-19-12-14(2)9-10-18(19)20-13-17-8-6-7-15(3)16(17)4/h6-10,12,20H,5,11,13H2,1-4H3. The van der Waals surface area contributed by atoms with E-state index in [0.717, 1.165) is 31.0 Å². The molecular formula is C19H25NO. The van der Waals surface area contributed by atoms with E-state index < -0.39 is 0 Å². The van der Waals surface area contributed by atoms with Gasteiger partial charge in [-0.05, 0) is 61.6 Å². The lowest BCUT2D eigenvalue weighted by atomic mass is 10.0. The van der Waals surface area contributed by atoms with Crippen LogP contribution in [0.5, 0.6) is 5.75 Å². The van der Waals surface area contributed by atoms with Gasteiger partial charge >= 0.3 is 0 Å². The van der Waals surface area contributed by atoms with Gasteiger partial charge in [-0.3, -0.25) is 0 Å². The van der Waals surface area contributed by atoms with Crippen LogP contribution in [0.1, 0.15) is 35.6 Å². The van der Waals surface area contributed by atoms with E-state index in [-0.39, 0.29) is 0 Å². The van der Waals surface area contributed by atoms with Gasteiger partial charge in [0, 0.05) is 6.54 Å². The summed E-state index contributed by atoms with van der Waals surface area (Å²) in [6, 6.07) is 12.8. The minimum atomic E-state index is 0.752. The Hall–Kier alpha value is -1.96. The third kappa shape index (κ3) is 4.01. The van der Waals surface area contributed by atoms with Crippen molar-refractivity contribution < 1.29 is 4.74 Å². The Labute approximate surface area is 128 Å². The van der Waals surface area contributed by atoms with Gasteiger partial charge in [0.15, 0.2) is 0 Å². The Morgan fingerprint density at radius 1 is 1.05 bits per heavy atom. The fraction of sp³-hybridized carbons (Fsp3) is 0.368. The maximum absolute atomic E-state index is 5.85. The second-order valence-corrected chi connectivity index (χ2v) is 5.56. The SMILES string of the molecule is CCCOc1cc(C)ccc1NCc1cccc(C)c1C. The van der Waals surface area contributed by atoms with Crippen molar-refractivity contribution in [2.24, 2.45) is 0 Å². The number of ether oxygens (including phenoxy) is 1. The average molecular weight is 283 g/mol. The van der Waals surface area contributed by atoms with E-state index in [9.17, 15) is 0 Å². The highest BCUT2D eigenvalue weighted by Crippen LogP contribution is 2.27. The molecule has 0 spiro atoms. The lowest BCUT2D eigenvalue weighted by molar-refractivity contribution is 0.318. The minimum Gasteiger partial charge on any atom is -0.491 e. The van der Waals surface area contributed by atoms with Gasteiger partial charge in [-0.1, -0.05) is 31.2 Å². The summed E-state index contributed by atoms with van der Waals surface area (Å²) in [7, 11) is 0. The normalized spacial score (nSPS) is 10.5. The lowest BCUT2D eigenvalue weighted by Crippen LogP contribution is -2.05. The highest BCUT2D eigenvalue weighted by atomic mass is 16.5. The van der Waals surface area contributed by atoms with Crippen LogP contribution in [-0.2, 0) is 6.54 Å². The molecule has 21 heavy (non-hydrogen) atoms. The Balaban J connectivity index is 2.14. The van der Waals surface area contributed by atoms with Crippen LogP contribution in [0.3, 0.4) is 0 Å². The van der Waals surface area contributed by atoms with Crippen molar-refractivity contribution in [2.45, 2.75) is 40.7 Å². The summed E-state index contributed by atoms with van der Waals surface area (Å²) >= 11 is 0. The number of hydrogen-bond donors (Lipinski definition) is 1. The first-order valence-corrected chi connectivity index (χ1v) is 7.64. The zero-order chi connectivity index (χ0) is 15.2. The molecule has 112 valence electrons. The molecule has 0 radical (unpaired) electrons. The first kappa shape index (κ1) is 15.4. The van der Waals surface area contributed by atoms with Crippen LogP contribution in [0.15, 0.2) is 36.4 Å². The molecule has 2 aromatic carbocycles. The van der Waals surface area contributed by atoms with E-state index in [0.29, 0.717) is 0 Å². The highest BCUT2D eigenvalue weighted by molar-refractivity contribution is 5.58. The first-order chi connectivity index (χ1) is 10.1. The largest absolute Gasteiger partial charge is 0.491 e. The zero-order valence-corrected chi connectivity index (χ0v) is 13.5. The maximum atomic E-state index is 5.85. The summed E-state index contributed by atoms with van der Waals surface area (Å²) in [5, 5.41) is 3.51. The molecule has 0 aliphatic carbocycles. The molecule has 2 nitrogen and oxygen atoms in total. The molecular weight excluding hydrogens is 258 g/mol. The molecule has 0 bridgehead atoms. The fourth-order valence-corrected chi connectivity index (χ4v) is 2.30. The summed E-state index contributed by atoms with van der Waals surface area (Å²) in [6.07, 6.45) is 1.02. The van der Waals surface area contributed by atoms with E-state index in [1.807, 2.05) is 0 Å². The first-order valence-electron chi connectivity index (χ1n) is 7.64. The van der Waals surface area contributed by atoms with Crippen molar-refractivity contribution >= 4 is 5.69 Å². The van der Waals surface area contributed by atoms with Crippen LogP contribution in [-0.4, -0.2) is 6.61 Å². The summed E-state index contributed by atoms with van der Waals surface area (Å²) in [5.74, 6) is 0.946. The number of rotatable bonds is 6. The van der Waals surface area contributed by atoms with Gasteiger partial charge in [0.05, 0.1) is 12.3 Å². The van der Waals surface area contributed by atoms with Gasteiger partial charge in [0.1, 0.15) is 5.75 Å². The summed E-state index contributed by atoms with van der Waals surface area (Å²) < 4.78 is 5.85. The molecule has 0 saturated heterocycles. The molecule has 0 fully saturated rings. The molecule has 0 atom stereocenters. The number of benzene rings is 2. The third-order valence-corrected chi connectivity index (χ3v) is 3.78. The van der Waals surface area contributed by atoms with Crippen LogP contribution in [0.4, 0.5) is 5.69 Å². The van der Waals surface area contributed by atoms with Crippen molar-refractivity contribution in [1.29, 1.82) is 0 Å². The Kier molecular flexibility index (Phi) is 5.26. The zero-order valence-electron chi connectivity index (χ0n) is 13.5. The second-order valence-electron chi connectivity index (χ2n) is 5.56. The van der Waals surface area contributed by atoms with Gasteiger partial charge in [-0.15, -0.1) is 0 Å². The van der Waals surface area contributed by atoms with Crippen molar-refractivity contribution in [2.75, 3.05) is 11.9 Å². The number of nitrogens with one attached hydrogen (secondary N) is 1. The Morgan fingerprint density at radius 2 is 1.86 bits per heavy atom. The molecule has 0 amide bonds. The molecule has 2 rings (SSSR count). The minimum absolute atomic E-state index is 0.752. The number of anilines is 1. The average Bonchev–Trinajstić information content (AvgIpc) is 2.48. The number of hydrogen-bond acceptors (Lipinski definition) is 2. The van der Waals surface area contributed by atoms with Gasteiger partial charge in [-0.25, -0.2) is 0 Å². The Morgan fingerprint density at radius 3 is 2.62 bits per heavy atom. The molecule has 0 heterocycles. The highest BCUT2D eigenvalue weighted by Gasteiger charge is 2.06. The van der Waals surface area contributed by atoms with Crippen LogP contribution in [0.2, 0.25) is 0 Å². The van der Waals surface area contributed by atoms with Crippen LogP contribution >= 0.6 is 0 Å². The molecule has 0 aromatic heterocycles. The molecule has 0 unspecified atom stereocenters. The van der Waals surface area contributed by atoms with Gasteiger partial charge in [-0.2, -0.15) is 0 Å². The van der Waals surface area contributed by atoms with E-state index in [4.69, 9.17) is 4.74 Å². The molecule has 0 aliphatic heterocycles. The van der Waals surface area contributed by atoms with Gasteiger partial charge in [0.2, 0.25) is 0 Å². The van der Waals surface area contributed by atoms with E-state index >= 15 is 0 Å². The molecule has 1 N–H and O–H groups in total.